The van der Waals surface area contributed by atoms with Crippen LogP contribution in [0.4, 0.5) is 0 Å². The molecule has 0 unspecified atom stereocenters. The summed E-state index contributed by atoms with van der Waals surface area (Å²) in [6, 6.07) is 5.69. The number of aryl methyl sites for hydroxylation is 3. The van der Waals surface area contributed by atoms with Crippen LogP contribution >= 0.6 is 0 Å². The molecule has 0 spiro atoms. The number of aromatic hydroxyl groups is 1. The first-order chi connectivity index (χ1) is 8.52. The molecule has 2 rings (SSSR count). The maximum absolute atomic E-state index is 9.37. The summed E-state index contributed by atoms with van der Waals surface area (Å²) in [5, 5.41) is 9.37. The van der Waals surface area contributed by atoms with Crippen LogP contribution in [0, 0.1) is 20.8 Å². The molecule has 0 saturated heterocycles. The van der Waals surface area contributed by atoms with Gasteiger partial charge in [0.2, 0.25) is 0 Å². The standard InChI is InChI=1S/C14H16N2O2/c1-8-7-11(18-4)5-6-12(8)13-9(2)15-14(17)16-10(13)3/h5-7H,1-4H3,(H,15,16,17). The van der Waals surface area contributed by atoms with E-state index in [0.29, 0.717) is 0 Å². The van der Waals surface area contributed by atoms with Crippen molar-refractivity contribution in [2.75, 3.05) is 7.11 Å². The van der Waals surface area contributed by atoms with Crippen LogP contribution < -0.4 is 4.74 Å². The van der Waals surface area contributed by atoms with Gasteiger partial charge in [0, 0.05) is 5.56 Å². The van der Waals surface area contributed by atoms with Crippen LogP contribution in [0.15, 0.2) is 18.2 Å². The molecule has 1 N–H and O–H groups in total. The smallest absolute Gasteiger partial charge is 0.314 e. The van der Waals surface area contributed by atoms with E-state index in [1.54, 1.807) is 7.11 Å². The van der Waals surface area contributed by atoms with Gasteiger partial charge in [-0.1, -0.05) is 6.07 Å². The van der Waals surface area contributed by atoms with Crippen LogP contribution in [0.25, 0.3) is 11.1 Å². The van der Waals surface area contributed by atoms with Crippen LogP contribution in [0.3, 0.4) is 0 Å². The normalized spacial score (nSPS) is 10.4. The third kappa shape index (κ3) is 2.14. The van der Waals surface area contributed by atoms with Crippen LogP contribution in [-0.4, -0.2) is 22.2 Å². The Morgan fingerprint density at radius 2 is 1.67 bits per heavy atom. The van der Waals surface area contributed by atoms with Gasteiger partial charge >= 0.3 is 6.01 Å². The van der Waals surface area contributed by atoms with Crippen molar-refractivity contribution in [1.29, 1.82) is 0 Å². The SMILES string of the molecule is COc1ccc(-c2c(C)nc(O)nc2C)c(C)c1. The van der Waals surface area contributed by atoms with E-state index in [0.717, 1.165) is 33.8 Å². The second-order valence-corrected chi connectivity index (χ2v) is 4.25. The fourth-order valence-electron chi connectivity index (χ4n) is 2.13. The Hall–Kier alpha value is -2.10. The minimum Gasteiger partial charge on any atom is -0.497 e. The lowest BCUT2D eigenvalue weighted by Gasteiger charge is -2.12. The number of hydrogen-bond acceptors (Lipinski definition) is 4. The van der Waals surface area contributed by atoms with Gasteiger partial charge in [0.25, 0.3) is 0 Å². The van der Waals surface area contributed by atoms with E-state index in [1.807, 2.05) is 39.0 Å². The predicted octanol–water partition coefficient (Wildman–Crippen LogP) is 2.78. The Morgan fingerprint density at radius 1 is 1.06 bits per heavy atom. The van der Waals surface area contributed by atoms with Gasteiger partial charge in [-0.2, -0.15) is 0 Å². The van der Waals surface area contributed by atoms with Crippen molar-refractivity contribution < 1.29 is 9.84 Å². The molecule has 0 saturated carbocycles. The maximum atomic E-state index is 9.37. The van der Waals surface area contributed by atoms with Crippen molar-refractivity contribution in [3.05, 3.63) is 35.2 Å². The summed E-state index contributed by atoms with van der Waals surface area (Å²) in [7, 11) is 1.65. The van der Waals surface area contributed by atoms with Crippen LogP contribution in [0.2, 0.25) is 0 Å². The van der Waals surface area contributed by atoms with E-state index in [4.69, 9.17) is 4.74 Å². The molecule has 0 atom stereocenters. The first kappa shape index (κ1) is 12.4. The summed E-state index contributed by atoms with van der Waals surface area (Å²) >= 11 is 0. The summed E-state index contributed by atoms with van der Waals surface area (Å²) in [6.45, 7) is 5.75. The molecule has 0 fully saturated rings. The number of nitrogens with zero attached hydrogens (tertiary/aromatic N) is 2. The molecular weight excluding hydrogens is 228 g/mol. The summed E-state index contributed by atoms with van der Waals surface area (Å²) in [5.41, 5.74) is 4.66. The Kier molecular flexibility index (Phi) is 3.19. The molecule has 0 aliphatic heterocycles. The van der Waals surface area contributed by atoms with Gasteiger partial charge in [-0.25, -0.2) is 9.97 Å². The van der Waals surface area contributed by atoms with Crippen molar-refractivity contribution in [2.24, 2.45) is 0 Å². The zero-order valence-corrected chi connectivity index (χ0v) is 11.0. The van der Waals surface area contributed by atoms with Gasteiger partial charge < -0.3 is 9.84 Å². The van der Waals surface area contributed by atoms with E-state index in [2.05, 4.69) is 9.97 Å². The summed E-state index contributed by atoms with van der Waals surface area (Å²) in [6.07, 6.45) is 0. The molecule has 0 aliphatic carbocycles. The monoisotopic (exact) mass is 244 g/mol. The van der Waals surface area contributed by atoms with Gasteiger partial charge in [-0.15, -0.1) is 0 Å². The fourth-order valence-corrected chi connectivity index (χ4v) is 2.13. The number of benzene rings is 1. The molecule has 1 heterocycles. The highest BCUT2D eigenvalue weighted by Gasteiger charge is 2.12. The number of aromatic nitrogens is 2. The molecule has 0 radical (unpaired) electrons. The lowest BCUT2D eigenvalue weighted by atomic mass is 9.98. The van der Waals surface area contributed by atoms with Gasteiger partial charge in [0.1, 0.15) is 5.75 Å². The molecule has 4 nitrogen and oxygen atoms in total. The Balaban J connectivity index is 2.62. The highest BCUT2D eigenvalue weighted by atomic mass is 16.5. The minimum absolute atomic E-state index is 0.181. The lowest BCUT2D eigenvalue weighted by molar-refractivity contribution is 0.414. The van der Waals surface area contributed by atoms with E-state index < -0.39 is 0 Å². The maximum Gasteiger partial charge on any atom is 0.314 e. The number of rotatable bonds is 2. The van der Waals surface area contributed by atoms with Crippen molar-refractivity contribution >= 4 is 0 Å². The molecule has 94 valence electrons. The van der Waals surface area contributed by atoms with Crippen molar-refractivity contribution in [3.63, 3.8) is 0 Å². The molecular formula is C14H16N2O2. The summed E-state index contributed by atoms with van der Waals surface area (Å²) in [4.78, 5) is 8.02. The van der Waals surface area contributed by atoms with E-state index in [1.165, 1.54) is 0 Å². The molecule has 18 heavy (non-hydrogen) atoms. The first-order valence-electron chi connectivity index (χ1n) is 5.72. The van der Waals surface area contributed by atoms with Crippen molar-refractivity contribution in [1.82, 2.24) is 9.97 Å². The number of hydrogen-bond donors (Lipinski definition) is 1. The molecule has 4 heteroatoms. The average molecular weight is 244 g/mol. The zero-order valence-electron chi connectivity index (χ0n) is 11.0. The summed E-state index contributed by atoms with van der Waals surface area (Å²) < 4.78 is 5.19. The van der Waals surface area contributed by atoms with Crippen LogP contribution in [0.1, 0.15) is 17.0 Å². The highest BCUT2D eigenvalue weighted by molar-refractivity contribution is 5.72. The van der Waals surface area contributed by atoms with Gasteiger partial charge in [0.15, 0.2) is 0 Å². The van der Waals surface area contributed by atoms with Gasteiger partial charge in [-0.05, 0) is 44.0 Å². The van der Waals surface area contributed by atoms with Crippen molar-refractivity contribution in [3.8, 4) is 22.9 Å². The largest absolute Gasteiger partial charge is 0.497 e. The number of methoxy groups -OCH3 is 1. The topological polar surface area (TPSA) is 55.2 Å². The van der Waals surface area contributed by atoms with E-state index >= 15 is 0 Å². The summed E-state index contributed by atoms with van der Waals surface area (Å²) in [5.74, 6) is 0.825. The molecule has 1 aromatic heterocycles. The third-order valence-corrected chi connectivity index (χ3v) is 2.96. The highest BCUT2D eigenvalue weighted by Crippen LogP contribution is 2.31. The zero-order chi connectivity index (χ0) is 13.3. The quantitative estimate of drug-likeness (QED) is 0.882. The Morgan fingerprint density at radius 3 is 2.17 bits per heavy atom. The average Bonchev–Trinajstić information content (AvgIpc) is 2.29. The minimum atomic E-state index is -0.181. The molecule has 0 bridgehead atoms. The first-order valence-corrected chi connectivity index (χ1v) is 5.72. The van der Waals surface area contributed by atoms with Crippen LogP contribution in [-0.2, 0) is 0 Å². The predicted molar refractivity (Wildman–Crippen MR) is 69.9 cm³/mol. The van der Waals surface area contributed by atoms with E-state index in [-0.39, 0.29) is 6.01 Å². The second kappa shape index (κ2) is 4.64. The Bertz CT molecular complexity index is 571. The van der Waals surface area contributed by atoms with Gasteiger partial charge in [0.05, 0.1) is 18.5 Å². The van der Waals surface area contributed by atoms with Gasteiger partial charge in [-0.3, -0.25) is 0 Å². The third-order valence-electron chi connectivity index (χ3n) is 2.96. The molecule has 0 aliphatic rings. The molecule has 1 aromatic carbocycles. The lowest BCUT2D eigenvalue weighted by Crippen LogP contribution is -1.97. The second-order valence-electron chi connectivity index (χ2n) is 4.25. The molecule has 2 aromatic rings. The fraction of sp³-hybridized carbons (Fsp3) is 0.286. The number of ether oxygens (including phenoxy) is 1. The molecule has 0 amide bonds. The van der Waals surface area contributed by atoms with E-state index in [9.17, 15) is 5.11 Å². The van der Waals surface area contributed by atoms with Crippen molar-refractivity contribution in [2.45, 2.75) is 20.8 Å². The van der Waals surface area contributed by atoms with Crippen LogP contribution in [0.5, 0.6) is 11.8 Å². The Labute approximate surface area is 106 Å².